The molecule has 7 heavy (non-hydrogen) atoms. The average Bonchev–Trinajstić information content (AvgIpc) is 1.68. The lowest BCUT2D eigenvalue weighted by molar-refractivity contribution is 0.723. The van der Waals surface area contributed by atoms with Crippen LogP contribution in [0.1, 0.15) is 27.2 Å². The van der Waals surface area contributed by atoms with Gasteiger partial charge in [-0.15, -0.1) is 11.8 Å². The van der Waals surface area contributed by atoms with Crippen LogP contribution in [0, 0.1) is 17.8 Å². The molecule has 1 unspecified atom stereocenters. The third-order valence-electron chi connectivity index (χ3n) is 1.00. The van der Waals surface area contributed by atoms with Crippen LogP contribution in [0.5, 0.6) is 0 Å². The van der Waals surface area contributed by atoms with E-state index in [4.69, 9.17) is 0 Å². The van der Waals surface area contributed by atoms with E-state index in [1.54, 1.807) is 0 Å². The van der Waals surface area contributed by atoms with Crippen LogP contribution < -0.4 is 0 Å². The van der Waals surface area contributed by atoms with Gasteiger partial charge >= 0.3 is 0 Å². The summed E-state index contributed by atoms with van der Waals surface area (Å²) in [5, 5.41) is 0. The van der Waals surface area contributed by atoms with Crippen molar-refractivity contribution < 1.29 is 0 Å². The van der Waals surface area contributed by atoms with Crippen molar-refractivity contribution in [2.75, 3.05) is 0 Å². The molecule has 0 amide bonds. The molecule has 0 radical (unpaired) electrons. The monoisotopic (exact) mass is 96.1 g/mol. The van der Waals surface area contributed by atoms with Gasteiger partial charge in [-0.25, -0.2) is 0 Å². The molecule has 40 valence electrons. The Morgan fingerprint density at radius 1 is 1.57 bits per heavy atom. The van der Waals surface area contributed by atoms with E-state index in [9.17, 15) is 0 Å². The van der Waals surface area contributed by atoms with E-state index < -0.39 is 0 Å². The Balaban J connectivity index is 3.29. The van der Waals surface area contributed by atoms with E-state index in [1.165, 1.54) is 6.42 Å². The van der Waals surface area contributed by atoms with Crippen LogP contribution in [0.4, 0.5) is 0 Å². The Kier molecular flexibility index (Phi) is 3.50. The summed E-state index contributed by atoms with van der Waals surface area (Å²) in [6.07, 6.45) is 1.17. The Bertz CT molecular complexity index is 81.9. The van der Waals surface area contributed by atoms with Crippen molar-refractivity contribution in [2.45, 2.75) is 27.2 Å². The summed E-state index contributed by atoms with van der Waals surface area (Å²) in [5.74, 6) is 6.50. The van der Waals surface area contributed by atoms with Crippen LogP contribution in [0.15, 0.2) is 0 Å². The summed E-state index contributed by atoms with van der Waals surface area (Å²) in [6.45, 7) is 6.16. The molecule has 0 aromatic heterocycles. The molecule has 0 fully saturated rings. The van der Waals surface area contributed by atoms with Crippen LogP contribution in [0.25, 0.3) is 0 Å². The van der Waals surface area contributed by atoms with Crippen LogP contribution in [-0.2, 0) is 0 Å². The Morgan fingerprint density at radius 2 is 2.14 bits per heavy atom. The minimum absolute atomic E-state index is 0.588. The fourth-order valence-electron chi connectivity index (χ4n) is 0.348. The van der Waals surface area contributed by atoms with E-state index in [-0.39, 0.29) is 0 Å². The lowest BCUT2D eigenvalue weighted by Gasteiger charge is -1.91. The van der Waals surface area contributed by atoms with Gasteiger partial charge in [-0.1, -0.05) is 13.8 Å². The molecular weight excluding hydrogens is 84.1 g/mol. The van der Waals surface area contributed by atoms with Gasteiger partial charge in [0, 0.05) is 5.92 Å². The maximum Gasteiger partial charge on any atom is 0.0171 e. The van der Waals surface area contributed by atoms with Gasteiger partial charge in [-0.3, -0.25) is 0 Å². The molecule has 0 aliphatic rings. The van der Waals surface area contributed by atoms with Crippen molar-refractivity contribution in [3.63, 3.8) is 0 Å². The first-order valence-corrected chi connectivity index (χ1v) is 2.73. The van der Waals surface area contributed by atoms with E-state index in [2.05, 4.69) is 25.7 Å². The quantitative estimate of drug-likeness (QED) is 0.438. The Labute approximate surface area is 45.9 Å². The van der Waals surface area contributed by atoms with Crippen molar-refractivity contribution >= 4 is 0 Å². The van der Waals surface area contributed by atoms with Gasteiger partial charge in [-0.2, -0.15) is 0 Å². The minimum Gasteiger partial charge on any atom is -0.106 e. The second kappa shape index (κ2) is 3.74. The smallest absolute Gasteiger partial charge is 0.0171 e. The van der Waals surface area contributed by atoms with Crippen LogP contribution in [0.3, 0.4) is 0 Å². The van der Waals surface area contributed by atoms with Crippen LogP contribution >= 0.6 is 0 Å². The molecule has 0 saturated carbocycles. The second-order valence-corrected chi connectivity index (χ2v) is 1.70. The highest BCUT2D eigenvalue weighted by Gasteiger charge is 1.86. The van der Waals surface area contributed by atoms with Crippen molar-refractivity contribution in [3.8, 4) is 11.8 Å². The molecule has 0 heteroatoms. The highest BCUT2D eigenvalue weighted by molar-refractivity contribution is 4.98. The van der Waals surface area contributed by atoms with Crippen LogP contribution in [0.2, 0.25) is 0 Å². The molecule has 0 spiro atoms. The molecule has 0 heterocycles. The van der Waals surface area contributed by atoms with Crippen molar-refractivity contribution in [2.24, 2.45) is 5.92 Å². The van der Waals surface area contributed by atoms with Gasteiger partial charge < -0.3 is 0 Å². The molecule has 0 aliphatic heterocycles. The topological polar surface area (TPSA) is 0 Å². The minimum atomic E-state index is 0.588. The average molecular weight is 96.2 g/mol. The summed E-state index contributed by atoms with van der Waals surface area (Å²) >= 11 is 0. The molecule has 0 rings (SSSR count). The zero-order chi connectivity index (χ0) is 5.70. The van der Waals surface area contributed by atoms with Gasteiger partial charge in [-0.05, 0) is 13.3 Å². The summed E-state index contributed by atoms with van der Waals surface area (Å²) in [5.41, 5.74) is 0. The van der Waals surface area contributed by atoms with Gasteiger partial charge in [0.15, 0.2) is 0 Å². The van der Waals surface area contributed by atoms with E-state index >= 15 is 0 Å². The molecule has 0 aromatic carbocycles. The first-order valence-electron chi connectivity index (χ1n) is 2.73. The summed E-state index contributed by atoms with van der Waals surface area (Å²) in [7, 11) is 0. The zero-order valence-corrected chi connectivity index (χ0v) is 5.28. The van der Waals surface area contributed by atoms with Crippen molar-refractivity contribution in [1.29, 1.82) is 0 Å². The van der Waals surface area contributed by atoms with Crippen LogP contribution in [-0.4, -0.2) is 0 Å². The maximum atomic E-state index is 3.05. The molecule has 1 atom stereocenters. The van der Waals surface area contributed by atoms with Gasteiger partial charge in [0.05, 0.1) is 0 Å². The second-order valence-electron chi connectivity index (χ2n) is 1.70. The Hall–Kier alpha value is -0.440. The molecule has 0 bridgehead atoms. The van der Waals surface area contributed by atoms with Gasteiger partial charge in [0.2, 0.25) is 0 Å². The normalized spacial score (nSPS) is 11.9. The van der Waals surface area contributed by atoms with Gasteiger partial charge in [0.1, 0.15) is 0 Å². The number of hydrogen-bond acceptors (Lipinski definition) is 0. The largest absolute Gasteiger partial charge is 0.106 e. The SMILES string of the molecule is CC#CC(C)CC. The van der Waals surface area contributed by atoms with E-state index in [0.717, 1.165) is 0 Å². The first-order chi connectivity index (χ1) is 3.31. The third-order valence-corrected chi connectivity index (χ3v) is 1.00. The number of rotatable bonds is 1. The third kappa shape index (κ3) is 3.39. The van der Waals surface area contributed by atoms with E-state index in [0.29, 0.717) is 5.92 Å². The summed E-state index contributed by atoms with van der Waals surface area (Å²) in [6, 6.07) is 0. The van der Waals surface area contributed by atoms with E-state index in [1.807, 2.05) is 6.92 Å². The fraction of sp³-hybridized carbons (Fsp3) is 0.714. The molecule has 0 saturated heterocycles. The van der Waals surface area contributed by atoms with Crippen molar-refractivity contribution in [1.82, 2.24) is 0 Å². The molecular formula is C7H12. The zero-order valence-electron chi connectivity index (χ0n) is 5.28. The summed E-state index contributed by atoms with van der Waals surface area (Å²) in [4.78, 5) is 0. The molecule has 0 nitrogen and oxygen atoms in total. The Morgan fingerprint density at radius 3 is 2.29 bits per heavy atom. The predicted octanol–water partition coefficient (Wildman–Crippen LogP) is 2.06. The lowest BCUT2D eigenvalue weighted by Crippen LogP contribution is -1.83. The van der Waals surface area contributed by atoms with Crippen molar-refractivity contribution in [3.05, 3.63) is 0 Å². The molecule has 0 aliphatic carbocycles. The standard InChI is InChI=1S/C7H12/c1-4-6-7(3)5-2/h7H,5H2,1-3H3. The lowest BCUT2D eigenvalue weighted by atomic mass is 10.1. The van der Waals surface area contributed by atoms with Gasteiger partial charge in [0.25, 0.3) is 0 Å². The molecule has 0 aromatic rings. The fourth-order valence-corrected chi connectivity index (χ4v) is 0.348. The first kappa shape index (κ1) is 6.56. The molecule has 0 N–H and O–H groups in total. The highest BCUT2D eigenvalue weighted by atomic mass is 13.9. The summed E-state index contributed by atoms with van der Waals surface area (Å²) < 4.78 is 0. The maximum absolute atomic E-state index is 3.05. The number of hydrogen-bond donors (Lipinski definition) is 0. The highest BCUT2D eigenvalue weighted by Crippen LogP contribution is 1.95. The predicted molar refractivity (Wildman–Crippen MR) is 32.9 cm³/mol.